The van der Waals surface area contributed by atoms with Crippen molar-refractivity contribution in [1.29, 1.82) is 0 Å². The summed E-state index contributed by atoms with van der Waals surface area (Å²) in [4.78, 5) is 2.08. The van der Waals surface area contributed by atoms with Crippen molar-refractivity contribution in [3.63, 3.8) is 0 Å². The molecule has 0 aliphatic heterocycles. The van der Waals surface area contributed by atoms with Crippen molar-refractivity contribution in [1.82, 2.24) is 20.0 Å². The third-order valence-electron chi connectivity index (χ3n) is 3.33. The summed E-state index contributed by atoms with van der Waals surface area (Å²) in [6.07, 6.45) is 2.19. The molecule has 1 atom stereocenters. The first kappa shape index (κ1) is 18.4. The van der Waals surface area contributed by atoms with Crippen LogP contribution in [0.3, 0.4) is 0 Å². The summed E-state index contributed by atoms with van der Waals surface area (Å²) >= 11 is 6.24. The van der Waals surface area contributed by atoms with Gasteiger partial charge in [-0.3, -0.25) is 4.68 Å². The number of hydrogen-bond donors (Lipinski definition) is 2. The Hall–Kier alpha value is -0.620. The molecule has 0 saturated carbocycles. The highest BCUT2D eigenvalue weighted by atomic mass is 35.5. The molecule has 0 aliphatic rings. The lowest BCUT2D eigenvalue weighted by molar-refractivity contribution is 0.0368. The number of nitrogens with one attached hydrogen (secondary N) is 1. The molecule has 1 rings (SSSR count). The molecule has 5 nitrogen and oxygen atoms in total. The Labute approximate surface area is 133 Å². The van der Waals surface area contributed by atoms with Crippen LogP contribution in [0.25, 0.3) is 0 Å². The van der Waals surface area contributed by atoms with Crippen LogP contribution in [0.2, 0.25) is 5.02 Å². The summed E-state index contributed by atoms with van der Waals surface area (Å²) in [5.41, 5.74) is -0.273. The van der Waals surface area contributed by atoms with Gasteiger partial charge in [0.25, 0.3) is 0 Å². The summed E-state index contributed by atoms with van der Waals surface area (Å²) < 4.78 is 1.80. The van der Waals surface area contributed by atoms with Gasteiger partial charge in [-0.15, -0.1) is 0 Å². The van der Waals surface area contributed by atoms with Gasteiger partial charge in [-0.2, -0.15) is 5.10 Å². The Morgan fingerprint density at radius 1 is 1.33 bits per heavy atom. The monoisotopic (exact) mass is 316 g/mol. The second kappa shape index (κ2) is 7.09. The van der Waals surface area contributed by atoms with Gasteiger partial charge in [-0.05, 0) is 54.8 Å². The van der Waals surface area contributed by atoms with Gasteiger partial charge in [0.2, 0.25) is 0 Å². The number of hydrogen-bond acceptors (Lipinski definition) is 4. The van der Waals surface area contributed by atoms with Crippen molar-refractivity contribution in [2.75, 3.05) is 27.2 Å². The summed E-state index contributed by atoms with van der Waals surface area (Å²) in [6.45, 7) is 10.4. The van der Waals surface area contributed by atoms with E-state index in [2.05, 4.69) is 36.1 Å². The number of halogens is 1. The first-order valence-electron chi connectivity index (χ1n) is 7.37. The van der Waals surface area contributed by atoms with Crippen LogP contribution < -0.4 is 5.32 Å². The highest BCUT2D eigenvalue weighted by Crippen LogP contribution is 2.30. The lowest BCUT2D eigenvalue weighted by atomic mass is 9.97. The SMILES string of the molecule is CN(C)CCn1ncc(Cl)c1C(C)(O)CCNC(C)(C)C. The van der Waals surface area contributed by atoms with Crippen molar-refractivity contribution < 1.29 is 5.11 Å². The largest absolute Gasteiger partial charge is 0.384 e. The molecule has 2 N–H and O–H groups in total. The van der Waals surface area contributed by atoms with E-state index in [-0.39, 0.29) is 5.54 Å². The van der Waals surface area contributed by atoms with E-state index in [1.165, 1.54) is 0 Å². The molecular formula is C15H29ClN4O. The molecule has 122 valence electrons. The van der Waals surface area contributed by atoms with Gasteiger partial charge < -0.3 is 15.3 Å². The van der Waals surface area contributed by atoms with E-state index in [0.29, 0.717) is 30.2 Å². The predicted octanol–water partition coefficient (Wildman–Crippen LogP) is 2.08. The number of likely N-dealkylation sites (N-methyl/N-ethyl adjacent to an activating group) is 1. The fourth-order valence-corrected chi connectivity index (χ4v) is 2.51. The molecule has 0 fully saturated rings. The fourth-order valence-electron chi connectivity index (χ4n) is 2.16. The highest BCUT2D eigenvalue weighted by Gasteiger charge is 2.30. The lowest BCUT2D eigenvalue weighted by Crippen LogP contribution is -2.39. The van der Waals surface area contributed by atoms with Gasteiger partial charge in [0.1, 0.15) is 5.60 Å². The molecule has 1 heterocycles. The standard InChI is InChI=1S/C15H29ClN4O/c1-14(2,3)17-8-7-15(4,21)13-12(16)11-18-20(13)10-9-19(5)6/h11,17,21H,7-10H2,1-6H3. The summed E-state index contributed by atoms with van der Waals surface area (Å²) in [5, 5.41) is 19.0. The zero-order valence-electron chi connectivity index (χ0n) is 14.1. The minimum Gasteiger partial charge on any atom is -0.384 e. The normalized spacial score (nSPS) is 15.5. The molecule has 0 amide bonds. The maximum atomic E-state index is 10.8. The molecule has 0 spiro atoms. The molecular weight excluding hydrogens is 288 g/mol. The van der Waals surface area contributed by atoms with E-state index in [9.17, 15) is 5.11 Å². The number of aliphatic hydroxyl groups is 1. The first-order valence-corrected chi connectivity index (χ1v) is 7.75. The summed E-state index contributed by atoms with van der Waals surface area (Å²) in [6, 6.07) is 0. The van der Waals surface area contributed by atoms with Crippen molar-refractivity contribution in [2.45, 2.75) is 51.8 Å². The summed E-state index contributed by atoms with van der Waals surface area (Å²) in [7, 11) is 4.02. The Bertz CT molecular complexity index is 449. The fraction of sp³-hybridized carbons (Fsp3) is 0.800. The molecule has 1 aromatic rings. The van der Waals surface area contributed by atoms with Crippen molar-refractivity contribution in [3.05, 3.63) is 16.9 Å². The van der Waals surface area contributed by atoms with E-state index >= 15 is 0 Å². The Morgan fingerprint density at radius 3 is 2.48 bits per heavy atom. The van der Waals surface area contributed by atoms with E-state index in [1.54, 1.807) is 17.8 Å². The van der Waals surface area contributed by atoms with Crippen LogP contribution in [0.5, 0.6) is 0 Å². The van der Waals surface area contributed by atoms with Crippen molar-refractivity contribution in [3.8, 4) is 0 Å². The maximum Gasteiger partial charge on any atom is 0.106 e. The minimum absolute atomic E-state index is 0.0328. The number of aromatic nitrogens is 2. The van der Waals surface area contributed by atoms with E-state index in [1.807, 2.05) is 14.1 Å². The Morgan fingerprint density at radius 2 is 1.95 bits per heavy atom. The number of nitrogens with zero attached hydrogens (tertiary/aromatic N) is 3. The third kappa shape index (κ3) is 5.94. The molecule has 1 aromatic heterocycles. The highest BCUT2D eigenvalue weighted by molar-refractivity contribution is 6.31. The van der Waals surface area contributed by atoms with Gasteiger partial charge in [-0.25, -0.2) is 0 Å². The van der Waals surface area contributed by atoms with Gasteiger partial charge in [0.05, 0.1) is 23.5 Å². The Kier molecular flexibility index (Phi) is 6.23. The predicted molar refractivity (Wildman–Crippen MR) is 87.7 cm³/mol. The molecule has 0 bridgehead atoms. The molecule has 21 heavy (non-hydrogen) atoms. The van der Waals surface area contributed by atoms with Gasteiger partial charge in [0.15, 0.2) is 0 Å². The zero-order chi connectivity index (χ0) is 16.3. The smallest absolute Gasteiger partial charge is 0.106 e. The lowest BCUT2D eigenvalue weighted by Gasteiger charge is -2.28. The van der Waals surface area contributed by atoms with Crippen LogP contribution in [-0.4, -0.2) is 52.5 Å². The molecule has 0 aliphatic carbocycles. The second-order valence-electron chi connectivity index (χ2n) is 7.07. The maximum absolute atomic E-state index is 10.8. The average Bonchev–Trinajstić information content (AvgIpc) is 2.66. The van der Waals surface area contributed by atoms with E-state index in [4.69, 9.17) is 11.6 Å². The molecule has 6 heteroatoms. The molecule has 0 aromatic carbocycles. The molecule has 1 unspecified atom stereocenters. The molecule has 0 radical (unpaired) electrons. The van der Waals surface area contributed by atoms with Crippen LogP contribution in [0.15, 0.2) is 6.20 Å². The van der Waals surface area contributed by atoms with Gasteiger partial charge in [-0.1, -0.05) is 11.6 Å². The third-order valence-corrected chi connectivity index (χ3v) is 3.61. The van der Waals surface area contributed by atoms with Gasteiger partial charge in [0, 0.05) is 12.1 Å². The van der Waals surface area contributed by atoms with Gasteiger partial charge >= 0.3 is 0 Å². The van der Waals surface area contributed by atoms with E-state index < -0.39 is 5.60 Å². The topological polar surface area (TPSA) is 53.3 Å². The second-order valence-corrected chi connectivity index (χ2v) is 7.48. The number of rotatable bonds is 7. The minimum atomic E-state index is -1.00. The van der Waals surface area contributed by atoms with E-state index in [0.717, 1.165) is 6.54 Å². The quantitative estimate of drug-likeness (QED) is 0.809. The zero-order valence-corrected chi connectivity index (χ0v) is 14.8. The Balaban J connectivity index is 2.79. The first-order chi connectivity index (χ1) is 9.53. The summed E-state index contributed by atoms with van der Waals surface area (Å²) in [5.74, 6) is 0. The van der Waals surface area contributed by atoms with Crippen LogP contribution in [-0.2, 0) is 12.1 Å². The molecule has 0 saturated heterocycles. The average molecular weight is 317 g/mol. The van der Waals surface area contributed by atoms with Crippen molar-refractivity contribution >= 4 is 11.6 Å². The van der Waals surface area contributed by atoms with Crippen LogP contribution in [0, 0.1) is 0 Å². The van der Waals surface area contributed by atoms with Crippen LogP contribution >= 0.6 is 11.6 Å². The van der Waals surface area contributed by atoms with Crippen LogP contribution in [0.1, 0.15) is 39.8 Å². The van der Waals surface area contributed by atoms with Crippen LogP contribution in [0.4, 0.5) is 0 Å². The van der Waals surface area contributed by atoms with Crippen molar-refractivity contribution in [2.24, 2.45) is 0 Å².